The van der Waals surface area contributed by atoms with Crippen molar-refractivity contribution >= 4 is 11.9 Å². The van der Waals surface area contributed by atoms with E-state index in [1.165, 1.54) is 7.11 Å². The van der Waals surface area contributed by atoms with Crippen LogP contribution in [0.3, 0.4) is 0 Å². The molecular weight excluding hydrogens is 224 g/mol. The van der Waals surface area contributed by atoms with Gasteiger partial charge in [-0.05, 0) is 12.8 Å². The van der Waals surface area contributed by atoms with E-state index < -0.39 is 6.04 Å². The lowest BCUT2D eigenvalue weighted by Crippen LogP contribution is -2.54. The lowest BCUT2D eigenvalue weighted by atomic mass is 10.2. The summed E-state index contributed by atoms with van der Waals surface area (Å²) in [5, 5.41) is 3.10. The second-order valence-electron chi connectivity index (χ2n) is 4.29. The van der Waals surface area contributed by atoms with Crippen LogP contribution in [0.5, 0.6) is 0 Å². The van der Waals surface area contributed by atoms with Crippen molar-refractivity contribution in [1.29, 1.82) is 0 Å². The zero-order chi connectivity index (χ0) is 12.3. The number of hydrogen-bond donors (Lipinski definition) is 1. The molecule has 96 valence electrons. The number of methoxy groups -OCH3 is 1. The van der Waals surface area contributed by atoms with Crippen LogP contribution in [-0.4, -0.2) is 62.3 Å². The molecule has 1 amide bonds. The van der Waals surface area contributed by atoms with Crippen LogP contribution in [0.15, 0.2) is 0 Å². The first-order valence-electron chi connectivity index (χ1n) is 5.93. The summed E-state index contributed by atoms with van der Waals surface area (Å²) >= 11 is 0. The van der Waals surface area contributed by atoms with Gasteiger partial charge in [0.15, 0.2) is 0 Å². The van der Waals surface area contributed by atoms with Crippen LogP contribution in [0.1, 0.15) is 12.8 Å². The Bertz CT molecular complexity index is 302. The van der Waals surface area contributed by atoms with Crippen LogP contribution >= 0.6 is 0 Å². The van der Waals surface area contributed by atoms with Crippen LogP contribution in [0.2, 0.25) is 0 Å². The molecule has 0 aromatic carbocycles. The number of nitrogens with one attached hydrogen (secondary N) is 1. The minimum Gasteiger partial charge on any atom is -0.467 e. The maximum Gasteiger partial charge on any atom is 0.328 e. The standard InChI is InChI=1S/C11H18N2O4/c1-16-11(15)9-3-2-5-13(9)10(14)8-7-17-6-4-12-8/h8-9,12H,2-7H2,1H3/t8-,9-/m1/s1. The van der Waals surface area contributed by atoms with E-state index in [-0.39, 0.29) is 17.9 Å². The molecule has 2 aliphatic rings. The highest BCUT2D eigenvalue weighted by Gasteiger charge is 2.38. The smallest absolute Gasteiger partial charge is 0.328 e. The molecule has 1 N–H and O–H groups in total. The molecule has 17 heavy (non-hydrogen) atoms. The number of morpholine rings is 1. The van der Waals surface area contributed by atoms with E-state index in [2.05, 4.69) is 5.32 Å². The zero-order valence-electron chi connectivity index (χ0n) is 9.98. The van der Waals surface area contributed by atoms with Gasteiger partial charge >= 0.3 is 5.97 Å². The summed E-state index contributed by atoms with van der Waals surface area (Å²) in [7, 11) is 1.35. The van der Waals surface area contributed by atoms with Crippen LogP contribution < -0.4 is 5.32 Å². The molecule has 0 spiro atoms. The minimum atomic E-state index is -0.420. The number of amides is 1. The molecule has 6 heteroatoms. The fourth-order valence-corrected chi connectivity index (χ4v) is 2.34. The Hall–Kier alpha value is -1.14. The Morgan fingerprint density at radius 1 is 1.47 bits per heavy atom. The molecule has 2 aliphatic heterocycles. The first kappa shape index (κ1) is 12.3. The van der Waals surface area contributed by atoms with E-state index in [4.69, 9.17) is 9.47 Å². The largest absolute Gasteiger partial charge is 0.467 e. The summed E-state index contributed by atoms with van der Waals surface area (Å²) in [5.41, 5.74) is 0. The van der Waals surface area contributed by atoms with Crippen molar-refractivity contribution in [1.82, 2.24) is 10.2 Å². The summed E-state index contributed by atoms with van der Waals surface area (Å²) in [6, 6.07) is -0.745. The van der Waals surface area contributed by atoms with Gasteiger partial charge in [-0.15, -0.1) is 0 Å². The normalized spacial score (nSPS) is 29.1. The number of esters is 1. The summed E-state index contributed by atoms with van der Waals surface area (Å²) < 4.78 is 9.98. The van der Waals surface area contributed by atoms with Gasteiger partial charge in [0, 0.05) is 13.1 Å². The number of likely N-dealkylation sites (tertiary alicyclic amines) is 1. The van der Waals surface area contributed by atoms with Crippen LogP contribution in [0.25, 0.3) is 0 Å². The predicted octanol–water partition coefficient (Wildman–Crippen LogP) is -0.861. The summed E-state index contributed by atoms with van der Waals surface area (Å²) in [5.74, 6) is -0.384. The molecule has 0 bridgehead atoms. The van der Waals surface area contributed by atoms with E-state index in [1.54, 1.807) is 4.90 Å². The molecule has 0 aromatic heterocycles. The number of carbonyl (C=O) groups excluding carboxylic acids is 2. The fourth-order valence-electron chi connectivity index (χ4n) is 2.34. The van der Waals surface area contributed by atoms with Gasteiger partial charge < -0.3 is 19.7 Å². The van der Waals surface area contributed by atoms with E-state index in [0.717, 1.165) is 6.42 Å². The Morgan fingerprint density at radius 2 is 2.29 bits per heavy atom. The maximum absolute atomic E-state index is 12.2. The number of carbonyl (C=O) groups is 2. The van der Waals surface area contributed by atoms with Crippen molar-refractivity contribution in [3.63, 3.8) is 0 Å². The van der Waals surface area contributed by atoms with Crippen molar-refractivity contribution in [2.45, 2.75) is 24.9 Å². The van der Waals surface area contributed by atoms with Crippen molar-refractivity contribution in [2.75, 3.05) is 33.4 Å². The van der Waals surface area contributed by atoms with Gasteiger partial charge in [-0.25, -0.2) is 4.79 Å². The van der Waals surface area contributed by atoms with Gasteiger partial charge in [-0.3, -0.25) is 4.79 Å². The van der Waals surface area contributed by atoms with Crippen molar-refractivity contribution in [2.24, 2.45) is 0 Å². The lowest BCUT2D eigenvalue weighted by molar-refractivity contribution is -0.152. The third-order valence-corrected chi connectivity index (χ3v) is 3.23. The third kappa shape index (κ3) is 2.58. The minimum absolute atomic E-state index is 0.0578. The quantitative estimate of drug-likeness (QED) is 0.638. The van der Waals surface area contributed by atoms with E-state index in [0.29, 0.717) is 32.7 Å². The molecule has 2 rings (SSSR count). The molecule has 2 heterocycles. The number of hydrogen-bond acceptors (Lipinski definition) is 5. The van der Waals surface area contributed by atoms with Crippen molar-refractivity contribution < 1.29 is 19.1 Å². The third-order valence-electron chi connectivity index (χ3n) is 3.23. The van der Waals surface area contributed by atoms with Crippen LogP contribution in [0, 0.1) is 0 Å². The van der Waals surface area contributed by atoms with Gasteiger partial charge in [0.05, 0.1) is 20.3 Å². The molecule has 0 aliphatic carbocycles. The van der Waals surface area contributed by atoms with Gasteiger partial charge in [0.2, 0.25) is 5.91 Å². The van der Waals surface area contributed by atoms with Crippen LogP contribution in [0.4, 0.5) is 0 Å². The molecule has 0 unspecified atom stereocenters. The Morgan fingerprint density at radius 3 is 2.94 bits per heavy atom. The first-order chi connectivity index (χ1) is 8.24. The molecule has 2 saturated heterocycles. The molecule has 0 saturated carbocycles. The van der Waals surface area contributed by atoms with Gasteiger partial charge in [0.1, 0.15) is 12.1 Å². The Kier molecular flexibility index (Phi) is 3.96. The zero-order valence-corrected chi connectivity index (χ0v) is 9.98. The molecule has 0 radical (unpaired) electrons. The van der Waals surface area contributed by atoms with Crippen molar-refractivity contribution in [3.05, 3.63) is 0 Å². The molecular formula is C11H18N2O4. The van der Waals surface area contributed by atoms with E-state index in [1.807, 2.05) is 0 Å². The topological polar surface area (TPSA) is 67.9 Å². The highest BCUT2D eigenvalue weighted by molar-refractivity contribution is 5.88. The van der Waals surface area contributed by atoms with Crippen LogP contribution in [-0.2, 0) is 19.1 Å². The second-order valence-corrected chi connectivity index (χ2v) is 4.29. The lowest BCUT2D eigenvalue weighted by Gasteiger charge is -2.30. The molecule has 2 fully saturated rings. The monoisotopic (exact) mass is 242 g/mol. The number of rotatable bonds is 2. The predicted molar refractivity (Wildman–Crippen MR) is 59.4 cm³/mol. The summed E-state index contributed by atoms with van der Waals surface area (Å²) in [4.78, 5) is 25.4. The number of ether oxygens (including phenoxy) is 2. The second kappa shape index (κ2) is 5.46. The van der Waals surface area contributed by atoms with E-state index in [9.17, 15) is 9.59 Å². The molecule has 2 atom stereocenters. The average molecular weight is 242 g/mol. The highest BCUT2D eigenvalue weighted by Crippen LogP contribution is 2.19. The Balaban J connectivity index is 1.99. The SMILES string of the molecule is COC(=O)[C@H]1CCCN1C(=O)[C@H]1COCCN1. The summed E-state index contributed by atoms with van der Waals surface area (Å²) in [6.45, 7) is 2.30. The highest BCUT2D eigenvalue weighted by atomic mass is 16.5. The van der Waals surface area contributed by atoms with Crippen molar-refractivity contribution in [3.8, 4) is 0 Å². The summed E-state index contributed by atoms with van der Waals surface area (Å²) in [6.07, 6.45) is 1.53. The number of nitrogens with zero attached hydrogens (tertiary/aromatic N) is 1. The molecule has 0 aromatic rings. The average Bonchev–Trinajstić information content (AvgIpc) is 2.87. The maximum atomic E-state index is 12.2. The van der Waals surface area contributed by atoms with Gasteiger partial charge in [-0.1, -0.05) is 0 Å². The van der Waals surface area contributed by atoms with Gasteiger partial charge in [0.25, 0.3) is 0 Å². The fraction of sp³-hybridized carbons (Fsp3) is 0.818. The first-order valence-corrected chi connectivity index (χ1v) is 5.93. The van der Waals surface area contributed by atoms with Gasteiger partial charge in [-0.2, -0.15) is 0 Å². The molecule has 6 nitrogen and oxygen atoms in total. The Labute approximate surface area is 100 Å². The van der Waals surface area contributed by atoms with E-state index >= 15 is 0 Å².